The number of rotatable bonds is 6. The maximum Gasteiger partial charge on any atom is 0.244 e. The molecule has 0 spiro atoms. The molecule has 1 rings (SSSR count). The zero-order chi connectivity index (χ0) is 13.1. The average Bonchev–Trinajstić information content (AvgIpc) is 2.78. The molecule has 6 heteroatoms. The molecule has 1 atom stereocenters. The van der Waals surface area contributed by atoms with Crippen LogP contribution in [0.4, 0.5) is 0 Å². The Labute approximate surface area is 107 Å². The van der Waals surface area contributed by atoms with Gasteiger partial charge in [-0.3, -0.25) is 0 Å². The second-order valence-corrected chi connectivity index (χ2v) is 6.80. The highest BCUT2D eigenvalue weighted by atomic mass is 32.2. The number of hydrogen-bond donors (Lipinski definition) is 1. The van der Waals surface area contributed by atoms with Gasteiger partial charge in [0.15, 0.2) is 0 Å². The van der Waals surface area contributed by atoms with E-state index >= 15 is 0 Å². The van der Waals surface area contributed by atoms with Gasteiger partial charge in [-0.25, -0.2) is 8.42 Å². The molecule has 98 valence electrons. The summed E-state index contributed by atoms with van der Waals surface area (Å²) in [6.45, 7) is 6.65. The molecule has 0 aliphatic heterocycles. The van der Waals surface area contributed by atoms with Crippen molar-refractivity contribution in [2.45, 2.75) is 44.7 Å². The van der Waals surface area contributed by atoms with Crippen molar-refractivity contribution in [2.75, 3.05) is 6.54 Å². The molecule has 0 aliphatic rings. The Morgan fingerprint density at radius 2 is 2.12 bits per heavy atom. The zero-order valence-corrected chi connectivity index (χ0v) is 12.1. The van der Waals surface area contributed by atoms with Crippen molar-refractivity contribution in [3.8, 4) is 0 Å². The molecule has 0 bridgehead atoms. The van der Waals surface area contributed by atoms with Gasteiger partial charge in [-0.2, -0.15) is 4.31 Å². The third-order valence-electron chi connectivity index (χ3n) is 2.83. The highest BCUT2D eigenvalue weighted by Gasteiger charge is 2.27. The Morgan fingerprint density at radius 3 is 2.53 bits per heavy atom. The van der Waals surface area contributed by atoms with E-state index < -0.39 is 10.0 Å². The first-order valence-electron chi connectivity index (χ1n) is 5.76. The van der Waals surface area contributed by atoms with Crippen molar-refractivity contribution in [2.24, 2.45) is 5.73 Å². The molecule has 0 radical (unpaired) electrons. The van der Waals surface area contributed by atoms with Crippen molar-refractivity contribution in [3.63, 3.8) is 0 Å². The molecule has 4 nitrogen and oxygen atoms in total. The molecule has 17 heavy (non-hydrogen) atoms. The van der Waals surface area contributed by atoms with Crippen LogP contribution in [-0.2, 0) is 16.6 Å². The Kier molecular flexibility index (Phi) is 5.12. The van der Waals surface area contributed by atoms with Gasteiger partial charge in [-0.1, -0.05) is 13.8 Å². The van der Waals surface area contributed by atoms with Crippen LogP contribution in [0, 0.1) is 0 Å². The van der Waals surface area contributed by atoms with E-state index in [1.54, 1.807) is 11.4 Å². The van der Waals surface area contributed by atoms with Gasteiger partial charge in [0.25, 0.3) is 0 Å². The third-order valence-corrected chi connectivity index (χ3v) is 6.01. The third kappa shape index (κ3) is 3.07. The second-order valence-electron chi connectivity index (χ2n) is 3.92. The Hall–Kier alpha value is -0.430. The topological polar surface area (TPSA) is 63.4 Å². The van der Waals surface area contributed by atoms with Crippen LogP contribution in [0.5, 0.6) is 0 Å². The van der Waals surface area contributed by atoms with Crippen molar-refractivity contribution in [1.82, 2.24) is 4.31 Å². The molecule has 2 N–H and O–H groups in total. The summed E-state index contributed by atoms with van der Waals surface area (Å²) in [6, 6.07) is 1.69. The molecule has 0 saturated heterocycles. The van der Waals surface area contributed by atoms with Gasteiger partial charge in [0, 0.05) is 29.4 Å². The fourth-order valence-electron chi connectivity index (χ4n) is 1.66. The molecule has 1 aromatic rings. The number of thiophene rings is 1. The minimum Gasteiger partial charge on any atom is -0.326 e. The quantitative estimate of drug-likeness (QED) is 0.864. The number of nitrogens with zero attached hydrogens (tertiary/aromatic N) is 1. The van der Waals surface area contributed by atoms with Gasteiger partial charge in [0.05, 0.1) is 4.90 Å². The fraction of sp³-hybridized carbons (Fsp3) is 0.636. The van der Waals surface area contributed by atoms with E-state index in [0.717, 1.165) is 11.3 Å². The number of nitrogens with two attached hydrogens (primary N) is 1. The van der Waals surface area contributed by atoms with Crippen LogP contribution in [0.3, 0.4) is 0 Å². The van der Waals surface area contributed by atoms with Crippen LogP contribution in [0.2, 0.25) is 0 Å². The smallest absolute Gasteiger partial charge is 0.244 e. The van der Waals surface area contributed by atoms with E-state index in [0.29, 0.717) is 18.0 Å². The van der Waals surface area contributed by atoms with Gasteiger partial charge < -0.3 is 5.73 Å². The number of hydrogen-bond acceptors (Lipinski definition) is 4. The summed E-state index contributed by atoms with van der Waals surface area (Å²) in [5.41, 5.74) is 5.50. The van der Waals surface area contributed by atoms with Crippen molar-refractivity contribution >= 4 is 21.4 Å². The van der Waals surface area contributed by atoms with Gasteiger partial charge >= 0.3 is 0 Å². The summed E-state index contributed by atoms with van der Waals surface area (Å²) in [6.07, 6.45) is 0.807. The summed E-state index contributed by atoms with van der Waals surface area (Å²) >= 11 is 1.39. The second kappa shape index (κ2) is 5.95. The van der Waals surface area contributed by atoms with Crippen LogP contribution < -0.4 is 5.73 Å². The lowest BCUT2D eigenvalue weighted by Gasteiger charge is -2.25. The fourth-order valence-corrected chi connectivity index (χ4v) is 4.52. The molecule has 1 unspecified atom stereocenters. The molecule has 0 fully saturated rings. The van der Waals surface area contributed by atoms with Gasteiger partial charge in [0.2, 0.25) is 10.0 Å². The van der Waals surface area contributed by atoms with Crippen molar-refractivity contribution < 1.29 is 8.42 Å². The average molecular weight is 276 g/mol. The Bertz CT molecular complexity index is 454. The van der Waals surface area contributed by atoms with Gasteiger partial charge in [0.1, 0.15) is 0 Å². The Balaban J connectivity index is 3.08. The van der Waals surface area contributed by atoms with E-state index in [-0.39, 0.29) is 6.04 Å². The van der Waals surface area contributed by atoms with Crippen molar-refractivity contribution in [3.05, 3.63) is 16.3 Å². The first kappa shape index (κ1) is 14.6. The largest absolute Gasteiger partial charge is 0.326 e. The minimum atomic E-state index is -3.36. The lowest BCUT2D eigenvalue weighted by atomic mass is 10.3. The zero-order valence-electron chi connectivity index (χ0n) is 10.5. The highest BCUT2D eigenvalue weighted by molar-refractivity contribution is 7.89. The van der Waals surface area contributed by atoms with E-state index in [9.17, 15) is 8.42 Å². The number of sulfonamides is 1. The van der Waals surface area contributed by atoms with E-state index in [2.05, 4.69) is 0 Å². The lowest BCUT2D eigenvalue weighted by molar-refractivity contribution is 0.342. The minimum absolute atomic E-state index is 0.0197. The maximum absolute atomic E-state index is 12.4. The van der Waals surface area contributed by atoms with Gasteiger partial charge in [-0.05, 0) is 19.4 Å². The standard InChI is InChI=1S/C11H20N2O2S2/c1-4-9(3)13(5-2)17(14,15)11-6-10(7-12)16-8-11/h6,8-9H,4-5,7,12H2,1-3H3. The first-order chi connectivity index (χ1) is 7.97. The van der Waals surface area contributed by atoms with Crippen LogP contribution >= 0.6 is 11.3 Å². The predicted octanol–water partition coefficient (Wildman–Crippen LogP) is 2.02. The summed E-state index contributed by atoms with van der Waals surface area (Å²) in [5.74, 6) is 0. The van der Waals surface area contributed by atoms with Gasteiger partial charge in [-0.15, -0.1) is 11.3 Å². The van der Waals surface area contributed by atoms with Crippen molar-refractivity contribution in [1.29, 1.82) is 0 Å². The molecule has 0 aliphatic carbocycles. The normalized spacial score (nSPS) is 14.2. The van der Waals surface area contributed by atoms with E-state index in [4.69, 9.17) is 5.73 Å². The summed E-state index contributed by atoms with van der Waals surface area (Å²) < 4.78 is 26.3. The summed E-state index contributed by atoms with van der Waals surface area (Å²) in [7, 11) is -3.36. The molecular formula is C11H20N2O2S2. The molecular weight excluding hydrogens is 256 g/mol. The van der Waals surface area contributed by atoms with Crippen LogP contribution in [0.25, 0.3) is 0 Å². The predicted molar refractivity (Wildman–Crippen MR) is 71.5 cm³/mol. The van der Waals surface area contributed by atoms with Crippen LogP contribution in [-0.4, -0.2) is 25.3 Å². The summed E-state index contributed by atoms with van der Waals surface area (Å²) in [5, 5.41) is 1.67. The van der Waals surface area contributed by atoms with Crippen LogP contribution in [0.1, 0.15) is 32.1 Å². The highest BCUT2D eigenvalue weighted by Crippen LogP contribution is 2.24. The van der Waals surface area contributed by atoms with E-state index in [1.807, 2.05) is 20.8 Å². The van der Waals surface area contributed by atoms with E-state index in [1.165, 1.54) is 15.6 Å². The van der Waals surface area contributed by atoms with Crippen LogP contribution in [0.15, 0.2) is 16.3 Å². The maximum atomic E-state index is 12.4. The molecule has 0 saturated carbocycles. The molecule has 0 amide bonds. The first-order valence-corrected chi connectivity index (χ1v) is 8.08. The molecule has 0 aromatic carbocycles. The monoisotopic (exact) mass is 276 g/mol. The molecule has 1 heterocycles. The molecule has 1 aromatic heterocycles. The summed E-state index contributed by atoms with van der Waals surface area (Å²) in [4.78, 5) is 1.26. The SMILES string of the molecule is CCC(C)N(CC)S(=O)(=O)c1csc(CN)c1. The lowest BCUT2D eigenvalue weighted by Crippen LogP contribution is -2.37. The Morgan fingerprint density at radius 1 is 1.47 bits per heavy atom.